The van der Waals surface area contributed by atoms with E-state index in [0.717, 1.165) is 42.5 Å². The van der Waals surface area contributed by atoms with Crippen LogP contribution < -0.4 is 5.43 Å². The summed E-state index contributed by atoms with van der Waals surface area (Å²) >= 11 is 10.2. The highest BCUT2D eigenvalue weighted by atomic mass is 32.1. The highest BCUT2D eigenvalue weighted by Gasteiger charge is 2.24. The van der Waals surface area contributed by atoms with E-state index >= 15 is 0 Å². The number of aryl methyl sites for hydroxylation is 1. The Bertz CT molecular complexity index is 693. The van der Waals surface area contributed by atoms with E-state index in [-0.39, 0.29) is 11.0 Å². The summed E-state index contributed by atoms with van der Waals surface area (Å²) in [6.45, 7) is 12.1. The van der Waals surface area contributed by atoms with E-state index in [1.807, 2.05) is 11.9 Å². The highest BCUT2D eigenvalue weighted by Crippen LogP contribution is 2.08. The van der Waals surface area contributed by atoms with Crippen molar-refractivity contribution in [1.29, 1.82) is 5.26 Å². The number of nitrogens with zero attached hydrogens (tertiary/aromatic N) is 4. The molecule has 1 aliphatic rings. The third-order valence-electron chi connectivity index (χ3n) is 3.80. The zero-order valence-electron chi connectivity index (χ0n) is 16.4. The molecule has 0 N–H and O–H groups in total. The van der Waals surface area contributed by atoms with Crippen LogP contribution in [0.15, 0.2) is 21.5 Å². The largest absolute Gasteiger partial charge is 0.468 e. The van der Waals surface area contributed by atoms with Gasteiger partial charge >= 0.3 is 0 Å². The van der Waals surface area contributed by atoms with E-state index in [2.05, 4.69) is 37.6 Å². The second-order valence-electron chi connectivity index (χ2n) is 5.62. The van der Waals surface area contributed by atoms with Gasteiger partial charge < -0.3 is 19.1 Å². The fourth-order valence-electron chi connectivity index (χ4n) is 1.71. The molecule has 1 aromatic rings. The average molecular weight is 397 g/mol. The van der Waals surface area contributed by atoms with Gasteiger partial charge in [-0.25, -0.2) is 0 Å². The molecule has 0 saturated carbocycles. The molecule has 0 atom stereocenters. The zero-order chi connectivity index (χ0) is 20.3. The molecule has 26 heavy (non-hydrogen) atoms. The van der Waals surface area contributed by atoms with Gasteiger partial charge in [0.1, 0.15) is 28.6 Å². The molecule has 0 radical (unpaired) electrons. The van der Waals surface area contributed by atoms with Crippen LogP contribution in [0.2, 0.25) is 0 Å². The predicted molar refractivity (Wildman–Crippen MR) is 113 cm³/mol. The second-order valence-corrected chi connectivity index (χ2v) is 6.45. The number of thiocarbonyl (C=S) groups is 2. The van der Waals surface area contributed by atoms with Gasteiger partial charge in [-0.3, -0.25) is 4.79 Å². The molecule has 2 heterocycles. The van der Waals surface area contributed by atoms with Crippen molar-refractivity contribution >= 4 is 34.5 Å². The summed E-state index contributed by atoms with van der Waals surface area (Å²) in [5.41, 5.74) is -0.239. The van der Waals surface area contributed by atoms with Crippen molar-refractivity contribution in [3.63, 3.8) is 0 Å². The molecule has 8 heteroatoms. The monoisotopic (exact) mass is 396 g/mol. The van der Waals surface area contributed by atoms with Gasteiger partial charge in [0, 0.05) is 19.7 Å². The SMILES string of the molecule is CCN(C)CC.CCN1CC(=S)N(C)C1=S.Cc1cc(=O)c(C#N)co1. The Morgan fingerprint density at radius 1 is 1.31 bits per heavy atom. The number of hydrogen-bond donors (Lipinski definition) is 0. The van der Waals surface area contributed by atoms with Gasteiger partial charge in [0.25, 0.3) is 0 Å². The summed E-state index contributed by atoms with van der Waals surface area (Å²) < 4.78 is 4.81. The Labute approximate surface area is 167 Å². The van der Waals surface area contributed by atoms with Gasteiger partial charge in [0.15, 0.2) is 5.11 Å². The molecule has 0 aromatic carbocycles. The lowest BCUT2D eigenvalue weighted by Crippen LogP contribution is -2.29. The molecule has 0 aliphatic carbocycles. The van der Waals surface area contributed by atoms with Crippen LogP contribution in [0.4, 0.5) is 0 Å². The van der Waals surface area contributed by atoms with Gasteiger partial charge in [0.2, 0.25) is 5.43 Å². The first-order valence-electron chi connectivity index (χ1n) is 8.45. The van der Waals surface area contributed by atoms with Crippen LogP contribution in [0.25, 0.3) is 0 Å². The fourth-order valence-corrected chi connectivity index (χ4v) is 2.32. The molecule has 0 spiro atoms. The summed E-state index contributed by atoms with van der Waals surface area (Å²) in [6, 6.07) is 3.01. The molecule has 6 nitrogen and oxygen atoms in total. The number of hydrogen-bond acceptors (Lipinski definition) is 6. The maximum Gasteiger partial charge on any atom is 0.202 e. The van der Waals surface area contributed by atoms with E-state index in [4.69, 9.17) is 34.1 Å². The molecule has 0 amide bonds. The minimum atomic E-state index is -0.286. The van der Waals surface area contributed by atoms with Gasteiger partial charge in [-0.1, -0.05) is 26.1 Å². The van der Waals surface area contributed by atoms with E-state index in [9.17, 15) is 4.79 Å². The van der Waals surface area contributed by atoms with Crippen molar-refractivity contribution in [1.82, 2.24) is 14.7 Å². The minimum Gasteiger partial charge on any atom is -0.468 e. The smallest absolute Gasteiger partial charge is 0.202 e. The molecule has 1 saturated heterocycles. The van der Waals surface area contributed by atoms with Gasteiger partial charge in [-0.05, 0) is 46.2 Å². The summed E-state index contributed by atoms with van der Waals surface area (Å²) in [4.78, 5) is 17.9. The summed E-state index contributed by atoms with van der Waals surface area (Å²) in [5.74, 6) is 0.518. The number of likely N-dealkylation sites (N-methyl/N-ethyl adjacent to an activating group) is 2. The van der Waals surface area contributed by atoms with Crippen LogP contribution >= 0.6 is 24.4 Å². The lowest BCUT2D eigenvalue weighted by molar-refractivity contribution is 0.373. The Morgan fingerprint density at radius 2 is 1.88 bits per heavy atom. The van der Waals surface area contributed by atoms with Crippen LogP contribution in [-0.4, -0.2) is 65.1 Å². The number of rotatable bonds is 3. The Kier molecular flexibility index (Phi) is 11.6. The van der Waals surface area contributed by atoms with Gasteiger partial charge in [-0.2, -0.15) is 5.26 Å². The Morgan fingerprint density at radius 3 is 2.15 bits per heavy atom. The lowest BCUT2D eigenvalue weighted by Gasteiger charge is -2.14. The van der Waals surface area contributed by atoms with Crippen molar-refractivity contribution < 1.29 is 4.42 Å². The first-order chi connectivity index (χ1) is 12.2. The maximum atomic E-state index is 10.8. The highest BCUT2D eigenvalue weighted by molar-refractivity contribution is 7.82. The van der Waals surface area contributed by atoms with Crippen LogP contribution in [0.3, 0.4) is 0 Å². The van der Waals surface area contributed by atoms with Crippen molar-refractivity contribution in [2.75, 3.05) is 40.3 Å². The van der Waals surface area contributed by atoms with Gasteiger partial charge in [0.05, 0.1) is 6.54 Å². The summed E-state index contributed by atoms with van der Waals surface area (Å²) in [7, 11) is 4.03. The second kappa shape index (κ2) is 12.5. The minimum absolute atomic E-state index is 0.0469. The van der Waals surface area contributed by atoms with Crippen molar-refractivity contribution in [3.05, 3.63) is 33.9 Å². The van der Waals surface area contributed by atoms with E-state index in [1.54, 1.807) is 13.0 Å². The maximum absolute atomic E-state index is 10.8. The van der Waals surface area contributed by atoms with Gasteiger partial charge in [-0.15, -0.1) is 0 Å². The van der Waals surface area contributed by atoms with Crippen molar-refractivity contribution in [2.24, 2.45) is 0 Å². The third kappa shape index (κ3) is 8.04. The van der Waals surface area contributed by atoms with Crippen LogP contribution in [0, 0.1) is 18.3 Å². The molecule has 144 valence electrons. The summed E-state index contributed by atoms with van der Waals surface area (Å²) in [5, 5.41) is 9.15. The Balaban J connectivity index is 0.000000375. The fraction of sp³-hybridized carbons (Fsp3) is 0.556. The van der Waals surface area contributed by atoms with Crippen LogP contribution in [0.1, 0.15) is 32.1 Å². The molecular formula is C18H28N4O2S2. The molecule has 1 aliphatic heterocycles. The average Bonchev–Trinajstić information content (AvgIpc) is 2.89. The quantitative estimate of drug-likeness (QED) is 0.723. The summed E-state index contributed by atoms with van der Waals surface area (Å²) in [6.07, 6.45) is 1.16. The molecule has 2 rings (SSSR count). The standard InChI is InChI=1S/C7H5NO2.C6H10N2S2.C5H13N/c1-5-2-7(9)6(3-8)4-10-5;1-3-8-4-5(9)7(2)6(8)10;1-4-6(3)5-2/h2,4H,1H3;3-4H2,1-2H3;4-5H2,1-3H3. The predicted octanol–water partition coefficient (Wildman–Crippen LogP) is 2.64. The van der Waals surface area contributed by atoms with Crippen molar-refractivity contribution in [3.8, 4) is 6.07 Å². The zero-order valence-corrected chi connectivity index (χ0v) is 18.0. The molecular weight excluding hydrogens is 368 g/mol. The molecule has 1 aromatic heterocycles. The lowest BCUT2D eigenvalue weighted by atomic mass is 10.3. The molecule has 0 bridgehead atoms. The first-order valence-corrected chi connectivity index (χ1v) is 9.26. The molecule has 1 fully saturated rings. The molecule has 0 unspecified atom stereocenters. The van der Waals surface area contributed by atoms with Crippen LogP contribution in [0.5, 0.6) is 0 Å². The van der Waals surface area contributed by atoms with E-state index in [1.165, 1.54) is 6.07 Å². The third-order valence-corrected chi connectivity index (χ3v) is 4.74. The van der Waals surface area contributed by atoms with Crippen molar-refractivity contribution in [2.45, 2.75) is 27.7 Å². The Hall–Kier alpha value is -1.82. The first kappa shape index (κ1) is 24.2. The number of nitriles is 1. The topological polar surface area (TPSA) is 63.7 Å². The van der Waals surface area contributed by atoms with E-state index in [0.29, 0.717) is 5.76 Å². The van der Waals surface area contributed by atoms with Crippen LogP contribution in [-0.2, 0) is 0 Å². The van der Waals surface area contributed by atoms with E-state index < -0.39 is 0 Å². The normalized spacial score (nSPS) is 13.0.